The van der Waals surface area contributed by atoms with Crippen molar-refractivity contribution >= 4 is 17.4 Å². The Bertz CT molecular complexity index is 988. The van der Waals surface area contributed by atoms with Crippen LogP contribution in [0.25, 0.3) is 5.76 Å². The third-order valence-corrected chi connectivity index (χ3v) is 5.80. The quantitative estimate of drug-likeness (QED) is 0.434. The second-order valence-electron chi connectivity index (χ2n) is 7.95. The summed E-state index contributed by atoms with van der Waals surface area (Å²) in [7, 11) is 0. The molecule has 0 spiro atoms. The number of carbonyl (C=O) groups is 2. The largest absolute Gasteiger partial charge is 0.507 e. The Balaban J connectivity index is 1.77. The van der Waals surface area contributed by atoms with E-state index in [-0.39, 0.29) is 17.4 Å². The summed E-state index contributed by atoms with van der Waals surface area (Å²) in [4.78, 5) is 27.6. The van der Waals surface area contributed by atoms with Crippen molar-refractivity contribution in [3.63, 3.8) is 0 Å². The molecule has 0 aliphatic carbocycles. The molecule has 6 nitrogen and oxygen atoms in total. The Hall–Kier alpha value is -3.12. The van der Waals surface area contributed by atoms with Crippen LogP contribution in [0, 0.1) is 6.92 Å². The van der Waals surface area contributed by atoms with Crippen LogP contribution in [0.2, 0.25) is 0 Å². The van der Waals surface area contributed by atoms with E-state index in [0.717, 1.165) is 24.0 Å². The van der Waals surface area contributed by atoms with E-state index >= 15 is 0 Å². The van der Waals surface area contributed by atoms with Crippen LogP contribution in [0.5, 0.6) is 5.75 Å². The van der Waals surface area contributed by atoms with Gasteiger partial charge in [-0.05, 0) is 56.5 Å². The number of amides is 1. The van der Waals surface area contributed by atoms with Crippen molar-refractivity contribution in [2.24, 2.45) is 0 Å². The van der Waals surface area contributed by atoms with Crippen molar-refractivity contribution in [1.82, 2.24) is 4.90 Å². The molecule has 6 heteroatoms. The lowest BCUT2D eigenvalue weighted by atomic mass is 9.94. The summed E-state index contributed by atoms with van der Waals surface area (Å²) in [6, 6.07) is 13.9. The number of hydrogen-bond acceptors (Lipinski definition) is 5. The van der Waals surface area contributed by atoms with E-state index in [1.165, 1.54) is 0 Å². The van der Waals surface area contributed by atoms with Gasteiger partial charge in [-0.3, -0.25) is 9.59 Å². The number of nitrogens with zero attached hydrogens (tertiary/aromatic N) is 1. The molecule has 2 aliphatic rings. The van der Waals surface area contributed by atoms with Gasteiger partial charge in [0.1, 0.15) is 11.5 Å². The number of Topliss-reactive ketones (excluding diaryl/α,β-unsaturated/α-hetero) is 1. The van der Waals surface area contributed by atoms with Crippen molar-refractivity contribution in [2.75, 3.05) is 19.8 Å². The van der Waals surface area contributed by atoms with Gasteiger partial charge in [-0.25, -0.2) is 0 Å². The van der Waals surface area contributed by atoms with E-state index in [9.17, 15) is 14.7 Å². The molecule has 2 unspecified atom stereocenters. The van der Waals surface area contributed by atoms with Gasteiger partial charge in [0.25, 0.3) is 11.7 Å². The molecule has 2 aromatic carbocycles. The summed E-state index contributed by atoms with van der Waals surface area (Å²) in [6.07, 6.45) is 1.69. The Morgan fingerprint density at radius 1 is 1.13 bits per heavy atom. The molecule has 2 heterocycles. The third kappa shape index (κ3) is 4.21. The second kappa shape index (κ2) is 8.94. The zero-order valence-corrected chi connectivity index (χ0v) is 17.8. The predicted molar refractivity (Wildman–Crippen MR) is 117 cm³/mol. The van der Waals surface area contributed by atoms with E-state index in [2.05, 4.69) is 0 Å². The molecule has 1 amide bonds. The smallest absolute Gasteiger partial charge is 0.295 e. The highest BCUT2D eigenvalue weighted by Gasteiger charge is 2.47. The van der Waals surface area contributed by atoms with Crippen LogP contribution in [-0.4, -0.2) is 47.6 Å². The average molecular weight is 421 g/mol. The van der Waals surface area contributed by atoms with Gasteiger partial charge in [-0.15, -0.1) is 0 Å². The standard InChI is InChI=1S/C25H27NO5/c1-3-30-19-12-10-18(11-13-19)23(27)21-22(17-8-6-16(2)7-9-17)26(25(29)24(21)28)15-20-5-4-14-31-20/h6-13,20,22,27H,3-5,14-15H2,1-2H3. The number of benzene rings is 2. The number of ether oxygens (including phenoxy) is 2. The molecule has 0 bridgehead atoms. The lowest BCUT2D eigenvalue weighted by Gasteiger charge is -2.27. The zero-order chi connectivity index (χ0) is 22.0. The number of likely N-dealkylation sites (tertiary alicyclic amines) is 1. The van der Waals surface area contributed by atoms with Gasteiger partial charge in [0.15, 0.2) is 0 Å². The summed E-state index contributed by atoms with van der Waals surface area (Å²) < 4.78 is 11.2. The average Bonchev–Trinajstić information content (AvgIpc) is 3.37. The monoisotopic (exact) mass is 421 g/mol. The van der Waals surface area contributed by atoms with Gasteiger partial charge in [0.2, 0.25) is 0 Å². The van der Waals surface area contributed by atoms with Gasteiger partial charge < -0.3 is 19.5 Å². The maximum absolute atomic E-state index is 13.0. The van der Waals surface area contributed by atoms with Crippen molar-refractivity contribution in [3.8, 4) is 5.75 Å². The predicted octanol–water partition coefficient (Wildman–Crippen LogP) is 3.99. The van der Waals surface area contributed by atoms with E-state index in [1.54, 1.807) is 29.2 Å². The van der Waals surface area contributed by atoms with Gasteiger partial charge in [-0.1, -0.05) is 29.8 Å². The highest BCUT2D eigenvalue weighted by Crippen LogP contribution is 2.40. The number of aliphatic hydroxyl groups is 1. The normalized spacial score (nSPS) is 22.8. The molecule has 31 heavy (non-hydrogen) atoms. The summed E-state index contributed by atoms with van der Waals surface area (Å²) in [6.45, 7) is 5.39. The van der Waals surface area contributed by atoms with Crippen molar-refractivity contribution in [2.45, 2.75) is 38.8 Å². The SMILES string of the molecule is CCOc1ccc(C(O)=C2C(=O)C(=O)N(CC3CCCO3)C2c2ccc(C)cc2)cc1. The van der Waals surface area contributed by atoms with Crippen LogP contribution in [0.15, 0.2) is 54.1 Å². The van der Waals surface area contributed by atoms with Crippen molar-refractivity contribution in [1.29, 1.82) is 0 Å². The highest BCUT2D eigenvalue weighted by atomic mass is 16.5. The molecule has 0 saturated carbocycles. The first-order valence-corrected chi connectivity index (χ1v) is 10.7. The first-order chi connectivity index (χ1) is 15.0. The molecule has 2 fully saturated rings. The van der Waals surface area contributed by atoms with E-state index in [0.29, 0.717) is 31.1 Å². The minimum atomic E-state index is -0.671. The van der Waals surface area contributed by atoms with Gasteiger partial charge in [0, 0.05) is 18.7 Å². The topological polar surface area (TPSA) is 76.1 Å². The molecule has 2 atom stereocenters. The van der Waals surface area contributed by atoms with Crippen LogP contribution < -0.4 is 4.74 Å². The first-order valence-electron chi connectivity index (χ1n) is 10.7. The minimum absolute atomic E-state index is 0.100. The van der Waals surface area contributed by atoms with Crippen LogP contribution >= 0.6 is 0 Å². The summed E-state index contributed by atoms with van der Waals surface area (Å²) >= 11 is 0. The Kier molecular flexibility index (Phi) is 6.09. The molecule has 1 N–H and O–H groups in total. The molecule has 2 saturated heterocycles. The fraction of sp³-hybridized carbons (Fsp3) is 0.360. The molecule has 2 aromatic rings. The minimum Gasteiger partial charge on any atom is -0.507 e. The fourth-order valence-electron chi connectivity index (χ4n) is 4.20. The summed E-state index contributed by atoms with van der Waals surface area (Å²) in [5.41, 5.74) is 2.44. The lowest BCUT2D eigenvalue weighted by Crippen LogP contribution is -2.36. The van der Waals surface area contributed by atoms with E-state index in [4.69, 9.17) is 9.47 Å². The van der Waals surface area contributed by atoms with E-state index < -0.39 is 17.7 Å². The maximum atomic E-state index is 13.0. The zero-order valence-electron chi connectivity index (χ0n) is 17.8. The molecular formula is C25H27NO5. The molecule has 2 aliphatic heterocycles. The fourth-order valence-corrected chi connectivity index (χ4v) is 4.20. The number of ketones is 1. The van der Waals surface area contributed by atoms with Crippen LogP contribution in [0.4, 0.5) is 0 Å². The Morgan fingerprint density at radius 2 is 1.84 bits per heavy atom. The van der Waals surface area contributed by atoms with Crippen LogP contribution in [-0.2, 0) is 14.3 Å². The van der Waals surface area contributed by atoms with Crippen molar-refractivity contribution < 1.29 is 24.2 Å². The number of hydrogen-bond donors (Lipinski definition) is 1. The second-order valence-corrected chi connectivity index (χ2v) is 7.95. The van der Waals surface area contributed by atoms with Crippen molar-refractivity contribution in [3.05, 3.63) is 70.8 Å². The van der Waals surface area contributed by atoms with E-state index in [1.807, 2.05) is 38.1 Å². The molecule has 162 valence electrons. The molecule has 0 aromatic heterocycles. The highest BCUT2D eigenvalue weighted by molar-refractivity contribution is 6.46. The van der Waals surface area contributed by atoms with Gasteiger partial charge >= 0.3 is 0 Å². The van der Waals surface area contributed by atoms with Crippen LogP contribution in [0.1, 0.15) is 42.5 Å². The van der Waals surface area contributed by atoms with Crippen LogP contribution in [0.3, 0.4) is 0 Å². The van der Waals surface area contributed by atoms with Gasteiger partial charge in [-0.2, -0.15) is 0 Å². The lowest BCUT2D eigenvalue weighted by molar-refractivity contribution is -0.140. The summed E-state index contributed by atoms with van der Waals surface area (Å²) in [5.74, 6) is -0.779. The summed E-state index contributed by atoms with van der Waals surface area (Å²) in [5, 5.41) is 11.1. The number of aliphatic hydroxyl groups excluding tert-OH is 1. The Morgan fingerprint density at radius 3 is 2.45 bits per heavy atom. The number of carbonyl (C=O) groups excluding carboxylic acids is 2. The Labute approximate surface area is 182 Å². The number of aryl methyl sites for hydroxylation is 1. The number of rotatable bonds is 6. The first kappa shape index (κ1) is 21.1. The molecule has 4 rings (SSSR count). The maximum Gasteiger partial charge on any atom is 0.295 e. The molecular weight excluding hydrogens is 394 g/mol. The van der Waals surface area contributed by atoms with Gasteiger partial charge in [0.05, 0.1) is 24.3 Å². The third-order valence-electron chi connectivity index (χ3n) is 5.80. The molecule has 0 radical (unpaired) electrons.